The van der Waals surface area contributed by atoms with Crippen molar-refractivity contribution >= 4 is 0 Å². The van der Waals surface area contributed by atoms with E-state index in [9.17, 15) is 0 Å². The Morgan fingerprint density at radius 1 is 1.03 bits per heavy atom. The van der Waals surface area contributed by atoms with Crippen LogP contribution in [0, 0.1) is 46.3 Å². The van der Waals surface area contributed by atoms with Crippen LogP contribution in [0.15, 0.2) is 11.6 Å². The maximum Gasteiger partial charge on any atom is 0.104 e. The summed E-state index contributed by atoms with van der Waals surface area (Å²) in [5.41, 5.74) is 2.80. The first-order valence-electron chi connectivity index (χ1n) is 14.2. The molecule has 0 radical (unpaired) electrons. The van der Waals surface area contributed by atoms with Gasteiger partial charge in [-0.15, -0.1) is 0 Å². The molecule has 2 nitrogen and oxygen atoms in total. The summed E-state index contributed by atoms with van der Waals surface area (Å²) in [6.07, 6.45) is 18.9. The first-order valence-corrected chi connectivity index (χ1v) is 14.2. The Morgan fingerprint density at radius 3 is 2.59 bits per heavy atom. The molecule has 1 heterocycles. The fourth-order valence-corrected chi connectivity index (χ4v) is 9.20. The van der Waals surface area contributed by atoms with Crippen molar-refractivity contribution < 1.29 is 9.47 Å². The van der Waals surface area contributed by atoms with Gasteiger partial charge in [-0.2, -0.15) is 0 Å². The third-order valence-electron chi connectivity index (χ3n) is 11.2. The lowest BCUT2D eigenvalue weighted by Crippen LogP contribution is -2.51. The van der Waals surface area contributed by atoms with E-state index in [4.69, 9.17) is 9.47 Å². The second kappa shape index (κ2) is 9.03. The molecule has 4 fully saturated rings. The van der Waals surface area contributed by atoms with Gasteiger partial charge in [-0.25, -0.2) is 0 Å². The van der Waals surface area contributed by atoms with E-state index in [0.717, 1.165) is 48.7 Å². The Kier molecular flexibility index (Phi) is 6.60. The summed E-state index contributed by atoms with van der Waals surface area (Å²) in [5.74, 6) is 5.56. The summed E-state index contributed by atoms with van der Waals surface area (Å²) < 4.78 is 11.6. The third-order valence-corrected chi connectivity index (χ3v) is 11.2. The molecule has 2 heteroatoms. The van der Waals surface area contributed by atoms with Gasteiger partial charge in [0.1, 0.15) is 6.10 Å². The zero-order chi connectivity index (χ0) is 22.5. The standard InChI is InChI=1S/C30H50O2/c1-20(2)7-6-8-21(3)26-11-12-27-25-10-9-22-17-23(31-18-24-19-32-24)13-15-29(22,4)28(25)14-16-30(26,27)5/h9,20-21,23-28H,6-8,10-19H2,1-5H3/t21-,23?,24?,25?,26?,27?,28?,29?,30?/m1/s1. The Labute approximate surface area is 198 Å². The predicted octanol–water partition coefficient (Wildman–Crippen LogP) is 7.81. The van der Waals surface area contributed by atoms with Crippen LogP contribution in [-0.4, -0.2) is 25.4 Å². The van der Waals surface area contributed by atoms with Gasteiger partial charge in [0, 0.05) is 0 Å². The van der Waals surface area contributed by atoms with Gasteiger partial charge in [0.05, 0.1) is 19.3 Å². The molecule has 0 bridgehead atoms. The van der Waals surface area contributed by atoms with E-state index < -0.39 is 0 Å². The normalized spacial score (nSPS) is 46.2. The highest BCUT2D eigenvalue weighted by Crippen LogP contribution is 2.67. The monoisotopic (exact) mass is 442 g/mol. The highest BCUT2D eigenvalue weighted by Gasteiger charge is 2.59. The number of rotatable bonds is 8. The average Bonchev–Trinajstić information content (AvgIpc) is 3.51. The predicted molar refractivity (Wildman–Crippen MR) is 133 cm³/mol. The minimum Gasteiger partial charge on any atom is -0.375 e. The van der Waals surface area contributed by atoms with Crippen LogP contribution in [0.5, 0.6) is 0 Å². The summed E-state index contributed by atoms with van der Waals surface area (Å²) >= 11 is 0. The Morgan fingerprint density at radius 2 is 1.84 bits per heavy atom. The molecule has 5 aliphatic rings. The van der Waals surface area contributed by atoms with Crippen LogP contribution in [0.2, 0.25) is 0 Å². The largest absolute Gasteiger partial charge is 0.375 e. The highest BCUT2D eigenvalue weighted by molar-refractivity contribution is 5.25. The van der Waals surface area contributed by atoms with Gasteiger partial charge in [0.2, 0.25) is 0 Å². The van der Waals surface area contributed by atoms with Gasteiger partial charge in [-0.3, -0.25) is 0 Å². The molecular formula is C30H50O2. The van der Waals surface area contributed by atoms with Crippen molar-refractivity contribution in [3.05, 3.63) is 11.6 Å². The molecule has 182 valence electrons. The van der Waals surface area contributed by atoms with Gasteiger partial charge in [0.25, 0.3) is 0 Å². The molecule has 0 aromatic carbocycles. The van der Waals surface area contributed by atoms with E-state index in [1.54, 1.807) is 5.57 Å². The van der Waals surface area contributed by atoms with Crippen LogP contribution in [0.1, 0.15) is 105 Å². The number of hydrogen-bond donors (Lipinski definition) is 0. The Hall–Kier alpha value is -0.340. The van der Waals surface area contributed by atoms with Crippen molar-refractivity contribution in [1.82, 2.24) is 0 Å². The summed E-state index contributed by atoms with van der Waals surface area (Å²) in [5, 5.41) is 0. The van der Waals surface area contributed by atoms with E-state index >= 15 is 0 Å². The van der Waals surface area contributed by atoms with Crippen LogP contribution in [0.3, 0.4) is 0 Å². The lowest BCUT2D eigenvalue weighted by molar-refractivity contribution is -0.0647. The molecule has 0 aromatic rings. The number of fused-ring (bicyclic) bond motifs is 5. The van der Waals surface area contributed by atoms with Crippen molar-refractivity contribution in [2.45, 2.75) is 117 Å². The topological polar surface area (TPSA) is 21.8 Å². The number of ether oxygens (including phenoxy) is 2. The van der Waals surface area contributed by atoms with Crippen LogP contribution in [0.25, 0.3) is 0 Å². The molecule has 1 aliphatic heterocycles. The molecule has 0 aromatic heterocycles. The second-order valence-electron chi connectivity index (χ2n) is 13.4. The lowest BCUT2D eigenvalue weighted by atomic mass is 9.47. The van der Waals surface area contributed by atoms with Crippen molar-refractivity contribution in [1.29, 1.82) is 0 Å². The van der Waals surface area contributed by atoms with Crippen LogP contribution in [-0.2, 0) is 9.47 Å². The molecule has 5 rings (SSSR count). The van der Waals surface area contributed by atoms with E-state index in [1.165, 1.54) is 70.6 Å². The zero-order valence-electron chi connectivity index (χ0n) is 21.7. The van der Waals surface area contributed by atoms with E-state index in [2.05, 4.69) is 40.7 Å². The van der Waals surface area contributed by atoms with Gasteiger partial charge in [0.15, 0.2) is 0 Å². The smallest absolute Gasteiger partial charge is 0.104 e. The van der Waals surface area contributed by atoms with E-state index in [0.29, 0.717) is 23.0 Å². The Balaban J connectivity index is 1.25. The third kappa shape index (κ3) is 4.26. The first kappa shape index (κ1) is 23.4. The van der Waals surface area contributed by atoms with Crippen LogP contribution in [0.4, 0.5) is 0 Å². The first-order chi connectivity index (χ1) is 15.3. The van der Waals surface area contributed by atoms with E-state index in [1.807, 2.05) is 0 Å². The Bertz CT molecular complexity index is 693. The van der Waals surface area contributed by atoms with Crippen LogP contribution >= 0.6 is 0 Å². The van der Waals surface area contributed by atoms with Crippen molar-refractivity contribution in [2.24, 2.45) is 46.3 Å². The summed E-state index contributed by atoms with van der Waals surface area (Å²) in [7, 11) is 0. The fraction of sp³-hybridized carbons (Fsp3) is 0.933. The average molecular weight is 443 g/mol. The fourth-order valence-electron chi connectivity index (χ4n) is 9.20. The molecule has 8 unspecified atom stereocenters. The van der Waals surface area contributed by atoms with Crippen molar-refractivity contribution in [3.63, 3.8) is 0 Å². The van der Waals surface area contributed by atoms with Crippen molar-refractivity contribution in [3.8, 4) is 0 Å². The minimum atomic E-state index is 0.395. The summed E-state index contributed by atoms with van der Waals surface area (Å²) in [6.45, 7) is 14.4. The second-order valence-corrected chi connectivity index (χ2v) is 13.4. The lowest BCUT2D eigenvalue weighted by Gasteiger charge is -2.58. The number of hydrogen-bond acceptors (Lipinski definition) is 2. The molecule has 32 heavy (non-hydrogen) atoms. The van der Waals surface area contributed by atoms with E-state index in [-0.39, 0.29) is 0 Å². The zero-order valence-corrected chi connectivity index (χ0v) is 21.7. The molecule has 3 saturated carbocycles. The molecular weight excluding hydrogens is 392 g/mol. The molecule has 0 spiro atoms. The minimum absolute atomic E-state index is 0.395. The SMILES string of the molecule is CC(C)CCC[C@@H](C)C1CCC2C3CC=C4CC(OCC5CO5)CCC4(C)C3CCC21C. The van der Waals surface area contributed by atoms with Crippen molar-refractivity contribution in [2.75, 3.05) is 13.2 Å². The molecule has 4 aliphatic carbocycles. The van der Waals surface area contributed by atoms with Crippen LogP contribution < -0.4 is 0 Å². The number of epoxide rings is 1. The number of allylic oxidation sites excluding steroid dienone is 1. The van der Waals surface area contributed by atoms with Gasteiger partial charge >= 0.3 is 0 Å². The molecule has 1 saturated heterocycles. The molecule has 0 N–H and O–H groups in total. The summed E-state index contributed by atoms with van der Waals surface area (Å²) in [4.78, 5) is 0. The van der Waals surface area contributed by atoms with Gasteiger partial charge in [-0.1, -0.05) is 65.5 Å². The highest BCUT2D eigenvalue weighted by atomic mass is 16.6. The maximum atomic E-state index is 6.24. The molecule has 9 atom stereocenters. The quantitative estimate of drug-likeness (QED) is 0.282. The van der Waals surface area contributed by atoms with Gasteiger partial charge in [-0.05, 0) is 97.7 Å². The maximum absolute atomic E-state index is 6.24. The summed E-state index contributed by atoms with van der Waals surface area (Å²) in [6, 6.07) is 0. The van der Waals surface area contributed by atoms with Gasteiger partial charge < -0.3 is 9.47 Å². The molecule has 0 amide bonds.